The molecule has 0 aromatic heterocycles. The van der Waals surface area contributed by atoms with Gasteiger partial charge in [-0.05, 0) is 31.2 Å². The first kappa shape index (κ1) is 15.0. The van der Waals surface area contributed by atoms with E-state index in [0.29, 0.717) is 25.7 Å². The Kier molecular flexibility index (Phi) is 3.77. The topological polar surface area (TPSA) is 53.0 Å². The Bertz CT molecular complexity index is 569. The van der Waals surface area contributed by atoms with Crippen molar-refractivity contribution in [1.29, 1.82) is 0 Å². The summed E-state index contributed by atoms with van der Waals surface area (Å²) < 4.78 is 5.99. The van der Waals surface area contributed by atoms with Gasteiger partial charge in [0.15, 0.2) is 0 Å². The van der Waals surface area contributed by atoms with Crippen molar-refractivity contribution in [2.75, 3.05) is 19.7 Å². The third-order valence-corrected chi connectivity index (χ3v) is 5.79. The van der Waals surface area contributed by atoms with Crippen molar-refractivity contribution in [3.63, 3.8) is 0 Å². The molecule has 1 unspecified atom stereocenters. The Morgan fingerprint density at radius 3 is 2.65 bits per heavy atom. The molecular formula is C18H24N2O3. The summed E-state index contributed by atoms with van der Waals surface area (Å²) in [5.74, 6) is 0. The Balaban J connectivity index is 1.56. The number of hydrogen-bond acceptors (Lipinski definition) is 4. The molecule has 1 aromatic rings. The van der Waals surface area contributed by atoms with Crippen LogP contribution in [-0.2, 0) is 11.3 Å². The van der Waals surface area contributed by atoms with Crippen LogP contribution in [0.25, 0.3) is 0 Å². The van der Waals surface area contributed by atoms with Gasteiger partial charge in [-0.2, -0.15) is 0 Å². The summed E-state index contributed by atoms with van der Waals surface area (Å²) >= 11 is 0. The van der Waals surface area contributed by atoms with E-state index < -0.39 is 0 Å². The first-order valence-corrected chi connectivity index (χ1v) is 8.60. The van der Waals surface area contributed by atoms with Gasteiger partial charge in [-0.25, -0.2) is 4.79 Å². The minimum atomic E-state index is -0.325. The zero-order chi connectivity index (χ0) is 15.9. The van der Waals surface area contributed by atoms with Crippen LogP contribution in [-0.4, -0.2) is 58.4 Å². The highest BCUT2D eigenvalue weighted by molar-refractivity contribution is 5.69. The summed E-state index contributed by atoms with van der Waals surface area (Å²) in [5.41, 5.74) is 0.795. The van der Waals surface area contributed by atoms with Gasteiger partial charge in [-0.15, -0.1) is 0 Å². The van der Waals surface area contributed by atoms with Crippen molar-refractivity contribution in [2.45, 2.75) is 49.9 Å². The van der Waals surface area contributed by atoms with E-state index in [0.717, 1.165) is 31.2 Å². The van der Waals surface area contributed by atoms with E-state index in [1.807, 2.05) is 35.2 Å². The lowest BCUT2D eigenvalue weighted by molar-refractivity contribution is -0.179. The normalized spacial score (nSPS) is 33.4. The molecule has 4 aliphatic rings. The zero-order valence-corrected chi connectivity index (χ0v) is 13.4. The highest BCUT2D eigenvalue weighted by Gasteiger charge is 2.57. The van der Waals surface area contributed by atoms with Gasteiger partial charge >= 0.3 is 6.09 Å². The van der Waals surface area contributed by atoms with E-state index in [4.69, 9.17) is 4.74 Å². The fraction of sp³-hybridized carbons (Fsp3) is 0.611. The molecule has 1 aromatic carbocycles. The molecule has 1 aliphatic carbocycles. The maximum absolute atomic E-state index is 12.5. The molecule has 1 saturated carbocycles. The monoisotopic (exact) mass is 316 g/mol. The average molecular weight is 316 g/mol. The number of aliphatic hydroxyl groups is 1. The van der Waals surface area contributed by atoms with Gasteiger partial charge in [0.05, 0.1) is 12.6 Å². The third kappa shape index (κ3) is 2.52. The fourth-order valence-corrected chi connectivity index (χ4v) is 4.66. The number of nitrogens with zero attached hydrogens (tertiary/aromatic N) is 2. The molecule has 5 nitrogen and oxygen atoms in total. The van der Waals surface area contributed by atoms with E-state index in [-0.39, 0.29) is 24.3 Å². The van der Waals surface area contributed by atoms with Gasteiger partial charge in [0, 0.05) is 25.7 Å². The van der Waals surface area contributed by atoms with Crippen molar-refractivity contribution >= 4 is 6.09 Å². The Hall–Kier alpha value is -1.59. The van der Waals surface area contributed by atoms with Crippen molar-refractivity contribution in [3.8, 4) is 0 Å². The number of benzene rings is 1. The highest BCUT2D eigenvalue weighted by Crippen LogP contribution is 2.47. The molecule has 2 bridgehead atoms. The number of hydrogen-bond donors (Lipinski definition) is 1. The maximum Gasteiger partial charge on any atom is 0.410 e. The number of amides is 1. The first-order chi connectivity index (χ1) is 11.2. The van der Waals surface area contributed by atoms with Crippen LogP contribution in [0.3, 0.4) is 0 Å². The number of piperidine rings is 2. The van der Waals surface area contributed by atoms with E-state index in [9.17, 15) is 9.90 Å². The number of carbonyl (C=O) groups excluding carboxylic acids is 1. The van der Waals surface area contributed by atoms with E-state index >= 15 is 0 Å². The van der Waals surface area contributed by atoms with Gasteiger partial charge in [0.1, 0.15) is 5.60 Å². The number of aliphatic hydroxyl groups excluding tert-OH is 1. The van der Waals surface area contributed by atoms with Crippen LogP contribution in [0.15, 0.2) is 30.3 Å². The molecule has 124 valence electrons. The Labute approximate surface area is 136 Å². The molecule has 4 fully saturated rings. The quantitative estimate of drug-likeness (QED) is 0.923. The van der Waals surface area contributed by atoms with Crippen LogP contribution in [0.2, 0.25) is 0 Å². The zero-order valence-electron chi connectivity index (χ0n) is 13.4. The predicted molar refractivity (Wildman–Crippen MR) is 85.9 cm³/mol. The largest absolute Gasteiger partial charge is 0.441 e. The van der Waals surface area contributed by atoms with Crippen molar-refractivity contribution in [2.24, 2.45) is 0 Å². The smallest absolute Gasteiger partial charge is 0.410 e. The summed E-state index contributed by atoms with van der Waals surface area (Å²) in [5, 5.41) is 9.42. The maximum atomic E-state index is 12.5. The highest BCUT2D eigenvalue weighted by atomic mass is 16.6. The van der Waals surface area contributed by atoms with Gasteiger partial charge in [0.2, 0.25) is 0 Å². The molecule has 5 rings (SSSR count). The number of ether oxygens (including phenoxy) is 1. The second-order valence-corrected chi connectivity index (χ2v) is 7.01. The van der Waals surface area contributed by atoms with Crippen molar-refractivity contribution in [1.82, 2.24) is 9.80 Å². The molecule has 1 atom stereocenters. The Morgan fingerprint density at radius 2 is 1.96 bits per heavy atom. The third-order valence-electron chi connectivity index (χ3n) is 5.79. The van der Waals surface area contributed by atoms with Crippen molar-refractivity contribution in [3.05, 3.63) is 35.9 Å². The standard InChI is InChI=1S/C18H24N2O3/c21-11-10-20-15-6-8-18(9-7-15)16(20)13-19(17(22)23-18)12-14-4-2-1-3-5-14/h1-5,15-16,21H,6-13H2. The predicted octanol–water partition coefficient (Wildman–Crippen LogP) is 2.00. The fourth-order valence-electron chi connectivity index (χ4n) is 4.66. The number of carbonyl (C=O) groups is 1. The molecule has 23 heavy (non-hydrogen) atoms. The SMILES string of the molecule is O=C1OC23CCC(CC2)N(CCO)C3CN1Cc1ccccc1. The molecule has 3 saturated heterocycles. The van der Waals surface area contributed by atoms with Crippen LogP contribution < -0.4 is 0 Å². The molecular weight excluding hydrogens is 292 g/mol. The second-order valence-electron chi connectivity index (χ2n) is 7.01. The first-order valence-electron chi connectivity index (χ1n) is 8.60. The summed E-state index contributed by atoms with van der Waals surface area (Å²) in [6, 6.07) is 10.8. The molecule has 1 amide bonds. The van der Waals surface area contributed by atoms with Crippen LogP contribution in [0.5, 0.6) is 0 Å². The molecule has 0 radical (unpaired) electrons. The van der Waals surface area contributed by atoms with Gasteiger partial charge < -0.3 is 14.7 Å². The number of rotatable bonds is 4. The molecule has 1 N–H and O–H groups in total. The number of fused-ring (bicyclic) bond motifs is 2. The minimum absolute atomic E-state index is 0.162. The molecule has 5 heteroatoms. The lowest BCUT2D eigenvalue weighted by atomic mass is 9.70. The van der Waals surface area contributed by atoms with E-state index in [2.05, 4.69) is 4.90 Å². The average Bonchev–Trinajstić information content (AvgIpc) is 2.57. The Morgan fingerprint density at radius 1 is 1.22 bits per heavy atom. The lowest BCUT2D eigenvalue weighted by Crippen LogP contribution is -2.72. The van der Waals surface area contributed by atoms with Crippen LogP contribution >= 0.6 is 0 Å². The summed E-state index contributed by atoms with van der Waals surface area (Å²) in [6.45, 7) is 2.12. The van der Waals surface area contributed by atoms with Gasteiger partial charge in [0.25, 0.3) is 0 Å². The van der Waals surface area contributed by atoms with Gasteiger partial charge in [-0.3, -0.25) is 4.90 Å². The van der Waals surface area contributed by atoms with Crippen LogP contribution in [0.1, 0.15) is 31.2 Å². The second kappa shape index (κ2) is 5.80. The van der Waals surface area contributed by atoms with Crippen LogP contribution in [0, 0.1) is 0 Å². The van der Waals surface area contributed by atoms with Gasteiger partial charge in [-0.1, -0.05) is 30.3 Å². The summed E-state index contributed by atoms with van der Waals surface area (Å²) in [6.07, 6.45) is 3.89. The molecule has 3 heterocycles. The molecule has 3 aliphatic heterocycles. The summed E-state index contributed by atoms with van der Waals surface area (Å²) in [4.78, 5) is 16.7. The van der Waals surface area contributed by atoms with Crippen molar-refractivity contribution < 1.29 is 14.6 Å². The molecule has 1 spiro atoms. The minimum Gasteiger partial charge on any atom is -0.441 e. The van der Waals surface area contributed by atoms with E-state index in [1.165, 1.54) is 0 Å². The lowest BCUT2D eigenvalue weighted by Gasteiger charge is -2.60. The summed E-state index contributed by atoms with van der Waals surface area (Å²) in [7, 11) is 0. The van der Waals surface area contributed by atoms with Crippen LogP contribution in [0.4, 0.5) is 4.79 Å². The van der Waals surface area contributed by atoms with E-state index in [1.54, 1.807) is 0 Å².